The summed E-state index contributed by atoms with van der Waals surface area (Å²) in [4.78, 5) is 30.6. The molecule has 2 heterocycles. The average Bonchev–Trinajstić information content (AvgIpc) is 3.21. The number of nitrogens with zero attached hydrogens (tertiary/aromatic N) is 3. The molecule has 2 aliphatic heterocycles. The van der Waals surface area contributed by atoms with E-state index in [-0.39, 0.29) is 24.3 Å². The molecule has 1 aromatic carbocycles. The van der Waals surface area contributed by atoms with Gasteiger partial charge < -0.3 is 24.8 Å². The minimum atomic E-state index is -0.0562. The van der Waals surface area contributed by atoms with Crippen LogP contribution in [0.4, 0.5) is 11.4 Å². The number of amides is 2. The van der Waals surface area contributed by atoms with Gasteiger partial charge in [0.25, 0.3) is 0 Å². The molecule has 2 saturated heterocycles. The number of hydrogen-bond acceptors (Lipinski definition) is 5. The van der Waals surface area contributed by atoms with Crippen LogP contribution in [-0.4, -0.2) is 75.7 Å². The minimum Gasteiger partial charge on any atom is -0.376 e. The molecule has 7 heteroatoms. The SMILES string of the molecule is CC(=O)N(CCC(=O)NCC1CCCO1)c1ccc(N2CCN(C)CC2)cc1. The Morgan fingerprint density at radius 1 is 1.18 bits per heavy atom. The van der Waals surface area contributed by atoms with E-state index >= 15 is 0 Å². The first kappa shape index (κ1) is 20.6. The van der Waals surface area contributed by atoms with Crippen molar-refractivity contribution in [1.82, 2.24) is 10.2 Å². The number of carbonyl (C=O) groups excluding carboxylic acids is 2. The highest BCUT2D eigenvalue weighted by Crippen LogP contribution is 2.22. The molecule has 28 heavy (non-hydrogen) atoms. The van der Waals surface area contributed by atoms with Crippen molar-refractivity contribution in [2.75, 3.05) is 62.7 Å². The van der Waals surface area contributed by atoms with Crippen LogP contribution in [-0.2, 0) is 14.3 Å². The van der Waals surface area contributed by atoms with Crippen molar-refractivity contribution in [3.05, 3.63) is 24.3 Å². The Bertz CT molecular complexity index is 650. The lowest BCUT2D eigenvalue weighted by Gasteiger charge is -2.34. The summed E-state index contributed by atoms with van der Waals surface area (Å²) in [6.07, 6.45) is 2.48. The zero-order valence-corrected chi connectivity index (χ0v) is 17.0. The van der Waals surface area contributed by atoms with Crippen LogP contribution in [0.25, 0.3) is 0 Å². The Hall–Kier alpha value is -2.12. The van der Waals surface area contributed by atoms with Gasteiger partial charge in [-0.15, -0.1) is 0 Å². The van der Waals surface area contributed by atoms with Gasteiger partial charge in [0, 0.05) is 70.6 Å². The molecule has 1 atom stereocenters. The lowest BCUT2D eigenvalue weighted by Crippen LogP contribution is -2.44. The molecule has 1 aromatic rings. The lowest BCUT2D eigenvalue weighted by atomic mass is 10.2. The summed E-state index contributed by atoms with van der Waals surface area (Å²) in [5.41, 5.74) is 2.01. The van der Waals surface area contributed by atoms with Crippen molar-refractivity contribution in [3.63, 3.8) is 0 Å². The Morgan fingerprint density at radius 3 is 2.50 bits per heavy atom. The van der Waals surface area contributed by atoms with E-state index in [2.05, 4.69) is 34.3 Å². The quantitative estimate of drug-likeness (QED) is 0.766. The number of hydrogen-bond donors (Lipinski definition) is 1. The van der Waals surface area contributed by atoms with Gasteiger partial charge in [-0.2, -0.15) is 0 Å². The van der Waals surface area contributed by atoms with E-state index in [9.17, 15) is 9.59 Å². The highest BCUT2D eigenvalue weighted by atomic mass is 16.5. The van der Waals surface area contributed by atoms with Crippen LogP contribution in [0.2, 0.25) is 0 Å². The van der Waals surface area contributed by atoms with E-state index in [1.807, 2.05) is 12.1 Å². The maximum Gasteiger partial charge on any atom is 0.223 e. The summed E-state index contributed by atoms with van der Waals surface area (Å²) in [6.45, 7) is 7.39. The zero-order chi connectivity index (χ0) is 19.9. The molecule has 154 valence electrons. The van der Waals surface area contributed by atoms with Crippen molar-refractivity contribution >= 4 is 23.2 Å². The van der Waals surface area contributed by atoms with Crippen LogP contribution in [0.1, 0.15) is 26.2 Å². The van der Waals surface area contributed by atoms with Gasteiger partial charge in [-0.25, -0.2) is 0 Å². The number of likely N-dealkylation sites (N-methyl/N-ethyl adjacent to an activating group) is 1. The van der Waals surface area contributed by atoms with E-state index in [0.29, 0.717) is 13.1 Å². The minimum absolute atomic E-state index is 0.0455. The molecular weight excluding hydrogens is 356 g/mol. The Labute approximate surface area is 167 Å². The van der Waals surface area contributed by atoms with Gasteiger partial charge in [-0.05, 0) is 44.2 Å². The van der Waals surface area contributed by atoms with Crippen LogP contribution < -0.4 is 15.1 Å². The van der Waals surface area contributed by atoms with Gasteiger partial charge in [0.05, 0.1) is 6.10 Å². The van der Waals surface area contributed by atoms with Crippen LogP contribution in [0.5, 0.6) is 0 Å². The molecule has 0 saturated carbocycles. The van der Waals surface area contributed by atoms with E-state index in [1.54, 1.807) is 11.8 Å². The number of carbonyl (C=O) groups is 2. The fraction of sp³-hybridized carbons (Fsp3) is 0.619. The molecule has 0 bridgehead atoms. The Balaban J connectivity index is 1.51. The summed E-state index contributed by atoms with van der Waals surface area (Å²) in [6, 6.07) is 8.07. The summed E-state index contributed by atoms with van der Waals surface area (Å²) in [7, 11) is 2.14. The monoisotopic (exact) mass is 388 g/mol. The highest BCUT2D eigenvalue weighted by molar-refractivity contribution is 5.92. The van der Waals surface area contributed by atoms with Crippen LogP contribution in [0, 0.1) is 0 Å². The fourth-order valence-corrected chi connectivity index (χ4v) is 3.71. The van der Waals surface area contributed by atoms with Gasteiger partial charge in [0.1, 0.15) is 0 Å². The molecule has 2 aliphatic rings. The maximum absolute atomic E-state index is 12.1. The summed E-state index contributed by atoms with van der Waals surface area (Å²) < 4.78 is 5.52. The molecule has 0 aromatic heterocycles. The second-order valence-electron chi connectivity index (χ2n) is 7.67. The second-order valence-corrected chi connectivity index (χ2v) is 7.67. The standard InChI is InChI=1S/C21H32N4O3/c1-17(26)25(10-9-21(27)22-16-20-4-3-15-28-20)19-7-5-18(6-8-19)24-13-11-23(2)12-14-24/h5-8,20H,3-4,9-16H2,1-2H3,(H,22,27). The molecule has 2 fully saturated rings. The van der Waals surface area contributed by atoms with Crippen molar-refractivity contribution in [2.45, 2.75) is 32.3 Å². The third-order valence-corrected chi connectivity index (χ3v) is 5.52. The highest BCUT2D eigenvalue weighted by Gasteiger charge is 2.18. The van der Waals surface area contributed by atoms with E-state index < -0.39 is 0 Å². The predicted molar refractivity (Wildman–Crippen MR) is 111 cm³/mol. The Kier molecular flexibility index (Phi) is 7.28. The summed E-state index contributed by atoms with van der Waals surface area (Å²) in [5.74, 6) is -0.102. The number of nitrogens with one attached hydrogen (secondary N) is 1. The molecule has 0 aliphatic carbocycles. The number of piperazine rings is 1. The second kappa shape index (κ2) is 9.89. The van der Waals surface area contributed by atoms with Crippen LogP contribution >= 0.6 is 0 Å². The summed E-state index contributed by atoms with van der Waals surface area (Å²) in [5, 5.41) is 2.91. The molecule has 0 radical (unpaired) electrons. The van der Waals surface area contributed by atoms with E-state index in [1.165, 1.54) is 5.69 Å². The molecule has 2 amide bonds. The average molecular weight is 389 g/mol. The number of anilines is 2. The maximum atomic E-state index is 12.1. The predicted octanol–water partition coefficient (Wildman–Crippen LogP) is 1.48. The van der Waals surface area contributed by atoms with Crippen LogP contribution in [0.3, 0.4) is 0 Å². The largest absolute Gasteiger partial charge is 0.376 e. The molecular formula is C21H32N4O3. The van der Waals surface area contributed by atoms with Gasteiger partial charge in [-0.3, -0.25) is 9.59 Å². The first-order valence-electron chi connectivity index (χ1n) is 10.2. The molecule has 0 spiro atoms. The van der Waals surface area contributed by atoms with E-state index in [0.717, 1.165) is 51.3 Å². The van der Waals surface area contributed by atoms with Gasteiger partial charge in [0.2, 0.25) is 11.8 Å². The topological polar surface area (TPSA) is 65.1 Å². The number of benzene rings is 1. The van der Waals surface area contributed by atoms with Gasteiger partial charge in [-0.1, -0.05) is 0 Å². The molecule has 1 unspecified atom stereocenters. The third kappa shape index (κ3) is 5.69. The number of ether oxygens (including phenoxy) is 1. The van der Waals surface area contributed by atoms with Crippen molar-refractivity contribution in [2.24, 2.45) is 0 Å². The number of rotatable bonds is 7. The lowest BCUT2D eigenvalue weighted by molar-refractivity contribution is -0.121. The van der Waals surface area contributed by atoms with Crippen LogP contribution in [0.15, 0.2) is 24.3 Å². The smallest absolute Gasteiger partial charge is 0.223 e. The molecule has 1 N–H and O–H groups in total. The molecule has 3 rings (SSSR count). The van der Waals surface area contributed by atoms with Crippen molar-refractivity contribution in [1.29, 1.82) is 0 Å². The van der Waals surface area contributed by atoms with Gasteiger partial charge in [0.15, 0.2) is 0 Å². The molecule has 7 nitrogen and oxygen atoms in total. The normalized spacial score (nSPS) is 20.2. The van der Waals surface area contributed by atoms with Crippen molar-refractivity contribution < 1.29 is 14.3 Å². The first-order valence-corrected chi connectivity index (χ1v) is 10.2. The van der Waals surface area contributed by atoms with Gasteiger partial charge >= 0.3 is 0 Å². The third-order valence-electron chi connectivity index (χ3n) is 5.52. The Morgan fingerprint density at radius 2 is 1.89 bits per heavy atom. The van der Waals surface area contributed by atoms with Crippen molar-refractivity contribution in [3.8, 4) is 0 Å². The fourth-order valence-electron chi connectivity index (χ4n) is 3.71. The van der Waals surface area contributed by atoms with E-state index in [4.69, 9.17) is 4.74 Å². The summed E-state index contributed by atoms with van der Waals surface area (Å²) >= 11 is 0. The first-order chi connectivity index (χ1) is 13.5. The zero-order valence-electron chi connectivity index (χ0n) is 17.0.